The number of amides is 1. The van der Waals surface area contributed by atoms with Crippen LogP contribution < -0.4 is 10.2 Å². The van der Waals surface area contributed by atoms with Gasteiger partial charge in [0.1, 0.15) is 6.07 Å². The maximum atomic E-state index is 12.5. The molecule has 2 aromatic carbocycles. The maximum absolute atomic E-state index is 12.5. The van der Waals surface area contributed by atoms with E-state index in [-0.39, 0.29) is 12.5 Å². The fraction of sp³-hybridized carbons (Fsp3) is 0.238. The summed E-state index contributed by atoms with van der Waals surface area (Å²) < 4.78 is 26.5. The van der Waals surface area contributed by atoms with Gasteiger partial charge in [-0.15, -0.1) is 0 Å². The summed E-state index contributed by atoms with van der Waals surface area (Å²) in [6, 6.07) is 18.2. The quantitative estimate of drug-likeness (QED) is 0.732. The summed E-state index contributed by atoms with van der Waals surface area (Å²) in [4.78, 5) is 13.3. The predicted octanol–water partition coefficient (Wildman–Crippen LogP) is 0.698. The van der Waals surface area contributed by atoms with Crippen LogP contribution in [0.15, 0.2) is 60.0 Å². The molecule has 2 aromatic rings. The summed E-state index contributed by atoms with van der Waals surface area (Å²) in [5.74, 6) is -0.192. The lowest BCUT2D eigenvalue weighted by molar-refractivity contribution is -0.895. The number of quaternary nitrogens is 1. The molecule has 1 saturated heterocycles. The maximum Gasteiger partial charge on any atom is 0.279 e. The Bertz CT molecular complexity index is 1020. The third kappa shape index (κ3) is 5.74. The first-order chi connectivity index (χ1) is 14.0. The SMILES string of the molecule is N#Cc1ccccc1NC(=O)C[NH+]1CCN(S(=O)(=O)/C=C/c2ccccc2)CC1. The summed E-state index contributed by atoms with van der Waals surface area (Å²) in [6.07, 6.45) is 1.59. The number of rotatable bonds is 6. The third-order valence-electron chi connectivity index (χ3n) is 4.75. The second-order valence-electron chi connectivity index (χ2n) is 6.79. The second kappa shape index (κ2) is 9.47. The lowest BCUT2D eigenvalue weighted by Crippen LogP contribution is -3.15. The van der Waals surface area contributed by atoms with E-state index >= 15 is 0 Å². The van der Waals surface area contributed by atoms with Crippen LogP contribution in [0.5, 0.6) is 0 Å². The Morgan fingerprint density at radius 2 is 1.76 bits per heavy atom. The van der Waals surface area contributed by atoms with E-state index in [1.54, 1.807) is 30.3 Å². The van der Waals surface area contributed by atoms with Crippen molar-refractivity contribution < 1.29 is 18.1 Å². The molecule has 8 heteroatoms. The molecule has 1 heterocycles. The zero-order valence-electron chi connectivity index (χ0n) is 15.9. The van der Waals surface area contributed by atoms with E-state index in [0.717, 1.165) is 10.5 Å². The Kier molecular flexibility index (Phi) is 6.77. The third-order valence-corrected chi connectivity index (χ3v) is 6.32. The summed E-state index contributed by atoms with van der Waals surface area (Å²) in [6.45, 7) is 2.04. The number of hydrogen-bond donors (Lipinski definition) is 2. The Hall–Kier alpha value is -2.99. The number of hydrogen-bond acceptors (Lipinski definition) is 4. The molecule has 0 radical (unpaired) electrons. The Labute approximate surface area is 170 Å². The van der Waals surface area contributed by atoms with Gasteiger partial charge in [-0.25, -0.2) is 8.42 Å². The van der Waals surface area contributed by atoms with Gasteiger partial charge < -0.3 is 10.2 Å². The van der Waals surface area contributed by atoms with Gasteiger partial charge in [0.25, 0.3) is 5.91 Å². The van der Waals surface area contributed by atoms with E-state index in [2.05, 4.69) is 5.32 Å². The number of nitrogens with zero attached hydrogens (tertiary/aromatic N) is 2. The van der Waals surface area contributed by atoms with E-state index in [1.165, 1.54) is 9.71 Å². The zero-order valence-corrected chi connectivity index (χ0v) is 16.7. The molecule has 0 atom stereocenters. The van der Waals surface area contributed by atoms with Crippen LogP contribution in [0, 0.1) is 11.3 Å². The fourth-order valence-electron chi connectivity index (χ4n) is 3.16. The molecule has 1 aliphatic heterocycles. The monoisotopic (exact) mass is 411 g/mol. The molecule has 1 amide bonds. The minimum absolute atomic E-state index is 0.192. The highest BCUT2D eigenvalue weighted by molar-refractivity contribution is 7.92. The first-order valence-corrected chi connectivity index (χ1v) is 10.8. The summed E-state index contributed by atoms with van der Waals surface area (Å²) in [5, 5.41) is 13.1. The number of nitrogens with one attached hydrogen (secondary N) is 2. The second-order valence-corrected chi connectivity index (χ2v) is 8.61. The lowest BCUT2D eigenvalue weighted by atomic mass is 10.2. The minimum atomic E-state index is -3.49. The number of carbonyl (C=O) groups is 1. The molecule has 2 N–H and O–H groups in total. The number of piperazine rings is 1. The summed E-state index contributed by atoms with van der Waals surface area (Å²) in [5.41, 5.74) is 1.73. The highest BCUT2D eigenvalue weighted by Gasteiger charge is 2.28. The van der Waals surface area contributed by atoms with Crippen molar-refractivity contribution in [3.05, 3.63) is 71.1 Å². The van der Waals surface area contributed by atoms with Crippen LogP contribution in [0.1, 0.15) is 11.1 Å². The van der Waals surface area contributed by atoms with Gasteiger partial charge in [0.2, 0.25) is 10.0 Å². The zero-order chi connectivity index (χ0) is 20.7. The average Bonchev–Trinajstić information content (AvgIpc) is 2.74. The van der Waals surface area contributed by atoms with Crippen molar-refractivity contribution in [1.82, 2.24) is 4.31 Å². The molecular formula is C21H23N4O3S+. The predicted molar refractivity (Wildman–Crippen MR) is 111 cm³/mol. The summed E-state index contributed by atoms with van der Waals surface area (Å²) in [7, 11) is -3.49. The summed E-state index contributed by atoms with van der Waals surface area (Å²) >= 11 is 0. The number of anilines is 1. The first kappa shape index (κ1) is 20.7. The minimum Gasteiger partial charge on any atom is -0.325 e. The molecule has 150 valence electrons. The first-order valence-electron chi connectivity index (χ1n) is 9.34. The van der Waals surface area contributed by atoms with Crippen LogP contribution in [-0.4, -0.2) is 51.4 Å². The Balaban J connectivity index is 1.51. The molecule has 7 nitrogen and oxygen atoms in total. The van der Waals surface area contributed by atoms with Crippen LogP contribution in [0.25, 0.3) is 6.08 Å². The molecule has 3 rings (SSSR count). The van der Waals surface area contributed by atoms with Gasteiger partial charge in [0.05, 0.1) is 37.4 Å². The molecule has 29 heavy (non-hydrogen) atoms. The molecule has 0 saturated carbocycles. The standard InChI is InChI=1S/C21H22N4O3S/c22-16-19-8-4-5-9-20(19)23-21(26)17-24-11-13-25(14-12-24)29(27,28)15-10-18-6-2-1-3-7-18/h1-10,15H,11-14,17H2,(H,23,26)/p+1/b15-10+. The van der Waals surface area contributed by atoms with E-state index < -0.39 is 10.0 Å². The van der Waals surface area contributed by atoms with Crippen molar-refractivity contribution in [2.45, 2.75) is 0 Å². The van der Waals surface area contributed by atoms with E-state index in [1.807, 2.05) is 36.4 Å². The fourth-order valence-corrected chi connectivity index (χ4v) is 4.35. The molecule has 0 spiro atoms. The number of benzene rings is 2. The molecule has 0 aliphatic carbocycles. The van der Waals surface area contributed by atoms with Crippen molar-refractivity contribution in [2.75, 3.05) is 38.0 Å². The Morgan fingerprint density at radius 3 is 2.45 bits per heavy atom. The van der Waals surface area contributed by atoms with Crippen molar-refractivity contribution in [3.8, 4) is 6.07 Å². The van der Waals surface area contributed by atoms with Crippen LogP contribution in [0.2, 0.25) is 0 Å². The highest BCUT2D eigenvalue weighted by Crippen LogP contribution is 2.13. The molecule has 0 unspecified atom stereocenters. The van der Waals surface area contributed by atoms with E-state index in [4.69, 9.17) is 5.26 Å². The molecule has 0 bridgehead atoms. The van der Waals surface area contributed by atoms with Crippen molar-refractivity contribution in [2.24, 2.45) is 0 Å². The molecular weight excluding hydrogens is 388 g/mol. The van der Waals surface area contributed by atoms with Gasteiger partial charge in [-0.2, -0.15) is 9.57 Å². The Morgan fingerprint density at radius 1 is 1.10 bits per heavy atom. The van der Waals surface area contributed by atoms with E-state index in [0.29, 0.717) is 37.4 Å². The van der Waals surface area contributed by atoms with Gasteiger partial charge in [-0.05, 0) is 23.8 Å². The van der Waals surface area contributed by atoms with Crippen molar-refractivity contribution in [1.29, 1.82) is 5.26 Å². The molecule has 0 aromatic heterocycles. The van der Waals surface area contributed by atoms with Crippen LogP contribution in [-0.2, 0) is 14.8 Å². The lowest BCUT2D eigenvalue weighted by Gasteiger charge is -2.30. The number of nitriles is 1. The van der Waals surface area contributed by atoms with Crippen LogP contribution in [0.4, 0.5) is 5.69 Å². The smallest absolute Gasteiger partial charge is 0.279 e. The van der Waals surface area contributed by atoms with Gasteiger partial charge in [-0.3, -0.25) is 4.79 Å². The van der Waals surface area contributed by atoms with Gasteiger partial charge >= 0.3 is 0 Å². The molecule has 1 aliphatic rings. The molecule has 1 fully saturated rings. The van der Waals surface area contributed by atoms with E-state index in [9.17, 15) is 13.2 Å². The topological polar surface area (TPSA) is 94.7 Å². The van der Waals surface area contributed by atoms with Gasteiger partial charge in [0, 0.05) is 5.41 Å². The number of sulfonamides is 1. The number of para-hydroxylation sites is 1. The average molecular weight is 412 g/mol. The van der Waals surface area contributed by atoms with Gasteiger partial charge in [0.15, 0.2) is 6.54 Å². The van der Waals surface area contributed by atoms with Gasteiger partial charge in [-0.1, -0.05) is 42.5 Å². The van der Waals surface area contributed by atoms with Crippen molar-refractivity contribution in [3.63, 3.8) is 0 Å². The highest BCUT2D eigenvalue weighted by atomic mass is 32.2. The van der Waals surface area contributed by atoms with Crippen molar-refractivity contribution >= 4 is 27.7 Å². The number of carbonyl (C=O) groups excluding carboxylic acids is 1. The van der Waals surface area contributed by atoms with Crippen LogP contribution >= 0.6 is 0 Å². The normalized spacial score (nSPS) is 15.8. The largest absolute Gasteiger partial charge is 0.325 e. The van der Waals surface area contributed by atoms with Crippen LogP contribution in [0.3, 0.4) is 0 Å².